The van der Waals surface area contributed by atoms with Crippen LogP contribution >= 0.6 is 0 Å². The number of amides is 3. The molecule has 3 amide bonds. The molecule has 0 fully saturated rings. The molecule has 12 heteroatoms. The van der Waals surface area contributed by atoms with E-state index in [1.54, 1.807) is 43.3 Å². The summed E-state index contributed by atoms with van der Waals surface area (Å²) >= 11 is 0. The third-order valence-electron chi connectivity index (χ3n) is 7.03. The number of carboxylic acids is 1. The third kappa shape index (κ3) is 9.44. The Bertz CT molecular complexity index is 1320. The minimum Gasteiger partial charge on any atom is -0.508 e. The SMILES string of the molecule is CCC(C)C(NC(=O)C(Cc1cnc[nH]1)NC(=O)C(Cc1ccccc1)NC(=O)C(N)Cc1ccc(O)cc1)C(=O)O. The molecule has 5 unspecified atom stereocenters. The predicted molar refractivity (Wildman–Crippen MR) is 155 cm³/mol. The average molecular weight is 579 g/mol. The van der Waals surface area contributed by atoms with Crippen molar-refractivity contribution in [3.05, 3.63) is 83.9 Å². The number of imidazole rings is 1. The molecule has 8 N–H and O–H groups in total. The van der Waals surface area contributed by atoms with E-state index in [4.69, 9.17) is 5.73 Å². The summed E-state index contributed by atoms with van der Waals surface area (Å²) in [4.78, 5) is 58.8. The maximum atomic E-state index is 13.6. The molecule has 0 aliphatic carbocycles. The highest BCUT2D eigenvalue weighted by atomic mass is 16.4. The molecular formula is C30H38N6O6. The molecule has 3 rings (SSSR count). The van der Waals surface area contributed by atoms with Crippen molar-refractivity contribution < 1.29 is 29.4 Å². The number of hydrogen-bond acceptors (Lipinski definition) is 7. The number of aromatic hydroxyl groups is 1. The summed E-state index contributed by atoms with van der Waals surface area (Å²) in [5, 5.41) is 27.2. The molecule has 0 aliphatic heterocycles. The fraction of sp³-hybridized carbons (Fsp3) is 0.367. The van der Waals surface area contributed by atoms with Crippen LogP contribution in [0.4, 0.5) is 0 Å². The number of aromatic nitrogens is 2. The minimum atomic E-state index is -1.18. The van der Waals surface area contributed by atoms with Gasteiger partial charge in [0, 0.05) is 24.7 Å². The van der Waals surface area contributed by atoms with E-state index in [-0.39, 0.29) is 30.9 Å². The van der Waals surface area contributed by atoms with Gasteiger partial charge < -0.3 is 36.9 Å². The van der Waals surface area contributed by atoms with E-state index >= 15 is 0 Å². The fourth-order valence-corrected chi connectivity index (χ4v) is 4.35. The Morgan fingerprint density at radius 3 is 2.05 bits per heavy atom. The molecule has 0 radical (unpaired) electrons. The predicted octanol–water partition coefficient (Wildman–Crippen LogP) is 1.06. The van der Waals surface area contributed by atoms with E-state index in [1.165, 1.54) is 24.7 Å². The number of hydrogen-bond donors (Lipinski definition) is 7. The van der Waals surface area contributed by atoms with Gasteiger partial charge in [0.05, 0.1) is 12.4 Å². The lowest BCUT2D eigenvalue weighted by atomic mass is 9.98. The van der Waals surface area contributed by atoms with Gasteiger partial charge in [0.15, 0.2) is 0 Å². The molecule has 1 aromatic heterocycles. The second kappa shape index (κ2) is 15.3. The Morgan fingerprint density at radius 2 is 1.45 bits per heavy atom. The zero-order valence-electron chi connectivity index (χ0n) is 23.6. The van der Waals surface area contributed by atoms with Crippen LogP contribution in [0, 0.1) is 5.92 Å². The number of phenolic OH excluding ortho intramolecular Hbond substituents is 1. The summed E-state index contributed by atoms with van der Waals surface area (Å²) in [5.74, 6) is -3.34. The van der Waals surface area contributed by atoms with Gasteiger partial charge in [-0.3, -0.25) is 14.4 Å². The minimum absolute atomic E-state index is 0.0107. The van der Waals surface area contributed by atoms with Crippen molar-refractivity contribution in [2.24, 2.45) is 11.7 Å². The van der Waals surface area contributed by atoms with Gasteiger partial charge in [-0.15, -0.1) is 0 Å². The van der Waals surface area contributed by atoms with Crippen LogP contribution in [-0.2, 0) is 38.4 Å². The largest absolute Gasteiger partial charge is 0.508 e. The number of benzene rings is 2. The molecule has 1 heterocycles. The number of rotatable bonds is 15. The van der Waals surface area contributed by atoms with Crippen LogP contribution in [0.2, 0.25) is 0 Å². The van der Waals surface area contributed by atoms with Gasteiger partial charge in [-0.1, -0.05) is 62.7 Å². The molecule has 0 bridgehead atoms. The van der Waals surface area contributed by atoms with E-state index in [0.29, 0.717) is 12.1 Å². The lowest BCUT2D eigenvalue weighted by Crippen LogP contribution is -2.58. The number of phenols is 1. The van der Waals surface area contributed by atoms with Gasteiger partial charge in [0.25, 0.3) is 0 Å². The van der Waals surface area contributed by atoms with Crippen LogP contribution in [0.25, 0.3) is 0 Å². The second-order valence-electron chi connectivity index (χ2n) is 10.3. The first-order chi connectivity index (χ1) is 20.1. The maximum absolute atomic E-state index is 13.6. The summed E-state index contributed by atoms with van der Waals surface area (Å²) in [6.07, 6.45) is 3.75. The summed E-state index contributed by atoms with van der Waals surface area (Å²) < 4.78 is 0. The molecule has 5 atom stereocenters. The second-order valence-corrected chi connectivity index (χ2v) is 10.3. The van der Waals surface area contributed by atoms with E-state index in [0.717, 1.165) is 11.1 Å². The van der Waals surface area contributed by atoms with Gasteiger partial charge in [-0.25, -0.2) is 9.78 Å². The Hall–Kier alpha value is -4.71. The van der Waals surface area contributed by atoms with Crippen LogP contribution in [-0.4, -0.2) is 68.0 Å². The Labute approximate surface area is 244 Å². The molecule has 3 aromatic rings. The Balaban J connectivity index is 1.80. The van der Waals surface area contributed by atoms with Crippen LogP contribution < -0.4 is 21.7 Å². The van der Waals surface area contributed by atoms with E-state index < -0.39 is 47.9 Å². The number of nitrogens with one attached hydrogen (secondary N) is 4. The molecule has 0 spiro atoms. The molecule has 224 valence electrons. The average Bonchev–Trinajstić information content (AvgIpc) is 3.49. The van der Waals surface area contributed by atoms with Crippen LogP contribution in [0.1, 0.15) is 37.1 Å². The van der Waals surface area contributed by atoms with Crippen molar-refractivity contribution in [2.75, 3.05) is 0 Å². The topological polar surface area (TPSA) is 200 Å². The van der Waals surface area contributed by atoms with Crippen molar-refractivity contribution in [3.63, 3.8) is 0 Å². The molecule has 0 saturated carbocycles. The number of carbonyl (C=O) groups is 4. The van der Waals surface area contributed by atoms with Crippen molar-refractivity contribution in [1.82, 2.24) is 25.9 Å². The van der Waals surface area contributed by atoms with Gasteiger partial charge in [0.1, 0.15) is 23.9 Å². The smallest absolute Gasteiger partial charge is 0.326 e. The van der Waals surface area contributed by atoms with Crippen molar-refractivity contribution in [3.8, 4) is 5.75 Å². The van der Waals surface area contributed by atoms with Gasteiger partial charge >= 0.3 is 5.97 Å². The van der Waals surface area contributed by atoms with Crippen molar-refractivity contribution >= 4 is 23.7 Å². The van der Waals surface area contributed by atoms with Gasteiger partial charge in [-0.2, -0.15) is 0 Å². The van der Waals surface area contributed by atoms with Gasteiger partial charge in [-0.05, 0) is 35.6 Å². The first kappa shape index (κ1) is 31.8. The lowest BCUT2D eigenvalue weighted by Gasteiger charge is -2.26. The highest BCUT2D eigenvalue weighted by Crippen LogP contribution is 2.12. The number of nitrogens with two attached hydrogens (primary N) is 1. The molecule has 12 nitrogen and oxygen atoms in total. The fourth-order valence-electron chi connectivity index (χ4n) is 4.35. The number of nitrogens with zero attached hydrogens (tertiary/aromatic N) is 1. The number of carboxylic acid groups (broad SMARTS) is 1. The summed E-state index contributed by atoms with van der Waals surface area (Å²) in [5.41, 5.74) is 8.20. The van der Waals surface area contributed by atoms with Crippen LogP contribution in [0.3, 0.4) is 0 Å². The Morgan fingerprint density at radius 1 is 0.857 bits per heavy atom. The number of carbonyl (C=O) groups excluding carboxylic acids is 3. The maximum Gasteiger partial charge on any atom is 0.326 e. The lowest BCUT2D eigenvalue weighted by molar-refractivity contribution is -0.143. The first-order valence-electron chi connectivity index (χ1n) is 13.8. The van der Waals surface area contributed by atoms with E-state index in [1.807, 2.05) is 13.0 Å². The zero-order valence-corrected chi connectivity index (χ0v) is 23.6. The number of H-pyrrole nitrogens is 1. The van der Waals surface area contributed by atoms with E-state index in [2.05, 4.69) is 25.9 Å². The Kier molecular flexibility index (Phi) is 11.6. The standard InChI is InChI=1S/C30H38N6O6/c1-3-18(2)26(30(41)42)36-29(40)25(15-21-16-32-17-33-21)35-28(39)24(14-19-7-5-4-6-8-19)34-27(38)23(31)13-20-9-11-22(37)12-10-20/h4-12,16-18,23-26,37H,3,13-15,31H2,1-2H3,(H,32,33)(H,34,38)(H,35,39)(H,36,40)(H,41,42). The molecule has 0 aliphatic rings. The number of aromatic amines is 1. The highest BCUT2D eigenvalue weighted by Gasteiger charge is 2.32. The van der Waals surface area contributed by atoms with E-state index in [9.17, 15) is 29.4 Å². The van der Waals surface area contributed by atoms with Crippen molar-refractivity contribution in [2.45, 2.75) is 63.7 Å². The third-order valence-corrected chi connectivity index (χ3v) is 7.03. The summed E-state index contributed by atoms with van der Waals surface area (Å²) in [6, 6.07) is 10.9. The number of aliphatic carboxylic acids is 1. The van der Waals surface area contributed by atoms with Crippen LogP contribution in [0.15, 0.2) is 67.1 Å². The summed E-state index contributed by atoms with van der Waals surface area (Å²) in [7, 11) is 0. The molecular weight excluding hydrogens is 540 g/mol. The first-order valence-corrected chi connectivity index (χ1v) is 13.8. The molecule has 42 heavy (non-hydrogen) atoms. The quantitative estimate of drug-likeness (QED) is 0.139. The van der Waals surface area contributed by atoms with Gasteiger partial charge in [0.2, 0.25) is 17.7 Å². The highest BCUT2D eigenvalue weighted by molar-refractivity contribution is 5.94. The normalized spacial score (nSPS) is 14.5. The molecule has 2 aromatic carbocycles. The van der Waals surface area contributed by atoms with Crippen LogP contribution in [0.5, 0.6) is 5.75 Å². The van der Waals surface area contributed by atoms with Crippen molar-refractivity contribution in [1.29, 1.82) is 0 Å². The zero-order chi connectivity index (χ0) is 30.6. The molecule has 0 saturated heterocycles. The summed E-state index contributed by atoms with van der Waals surface area (Å²) in [6.45, 7) is 3.54. The monoisotopic (exact) mass is 578 g/mol.